The number of para-hydroxylation sites is 1. The molecule has 1 aliphatic heterocycles. The summed E-state index contributed by atoms with van der Waals surface area (Å²) in [6.45, 7) is 3.69. The number of hydrogen-bond donors (Lipinski definition) is 2. The summed E-state index contributed by atoms with van der Waals surface area (Å²) in [5.41, 5.74) is 2.39. The van der Waals surface area contributed by atoms with Crippen molar-refractivity contribution in [1.82, 2.24) is 15.5 Å². The van der Waals surface area contributed by atoms with Crippen LogP contribution in [-0.4, -0.2) is 51.8 Å². The highest BCUT2D eigenvalue weighted by atomic mass is 16.5. The highest BCUT2D eigenvalue weighted by molar-refractivity contribution is 5.79. The molecule has 0 aliphatic carbocycles. The molecule has 0 spiro atoms. The Labute approximate surface area is 173 Å². The van der Waals surface area contributed by atoms with Crippen molar-refractivity contribution in [3.05, 3.63) is 59.7 Å². The minimum atomic E-state index is 0.244. The van der Waals surface area contributed by atoms with Gasteiger partial charge in [-0.2, -0.15) is 0 Å². The van der Waals surface area contributed by atoms with Crippen LogP contribution in [-0.2, 0) is 6.54 Å². The summed E-state index contributed by atoms with van der Waals surface area (Å²) in [7, 11) is 5.22. The zero-order valence-corrected chi connectivity index (χ0v) is 17.6. The van der Waals surface area contributed by atoms with Crippen molar-refractivity contribution in [2.45, 2.75) is 25.4 Å². The maximum absolute atomic E-state index is 5.63. The highest BCUT2D eigenvalue weighted by Crippen LogP contribution is 2.31. The van der Waals surface area contributed by atoms with Crippen molar-refractivity contribution >= 4 is 5.96 Å². The van der Waals surface area contributed by atoms with Gasteiger partial charge in [-0.25, -0.2) is 0 Å². The first-order chi connectivity index (χ1) is 14.2. The lowest BCUT2D eigenvalue weighted by molar-refractivity contribution is 0.239. The zero-order valence-electron chi connectivity index (χ0n) is 17.6. The predicted molar refractivity (Wildman–Crippen MR) is 118 cm³/mol. The van der Waals surface area contributed by atoms with E-state index in [9.17, 15) is 0 Å². The van der Waals surface area contributed by atoms with Crippen LogP contribution in [0, 0.1) is 0 Å². The first-order valence-corrected chi connectivity index (χ1v) is 10.2. The second kappa shape index (κ2) is 10.7. The van der Waals surface area contributed by atoms with Crippen molar-refractivity contribution in [3.8, 4) is 11.5 Å². The van der Waals surface area contributed by atoms with Gasteiger partial charge in [0.15, 0.2) is 5.96 Å². The summed E-state index contributed by atoms with van der Waals surface area (Å²) in [5, 5.41) is 6.90. The standard InChI is InChI=1S/C23H32N4O2/c1-24-23(25-16-18-10-12-19(28-2)13-11-18)26-17-21(27-14-6-7-15-27)20-8-4-5-9-22(20)29-3/h4-5,8-13,21H,6-7,14-17H2,1-3H3,(H2,24,25,26). The monoisotopic (exact) mass is 396 g/mol. The van der Waals surface area contributed by atoms with Crippen LogP contribution in [0.25, 0.3) is 0 Å². The molecule has 6 nitrogen and oxygen atoms in total. The minimum Gasteiger partial charge on any atom is -0.497 e. The lowest BCUT2D eigenvalue weighted by Crippen LogP contribution is -2.42. The van der Waals surface area contributed by atoms with Gasteiger partial charge >= 0.3 is 0 Å². The SMILES string of the molecule is CN=C(NCc1ccc(OC)cc1)NCC(c1ccccc1OC)N1CCCC1. The molecule has 1 aliphatic rings. The summed E-state index contributed by atoms with van der Waals surface area (Å²) in [6, 6.07) is 16.6. The van der Waals surface area contributed by atoms with E-state index in [1.165, 1.54) is 24.0 Å². The Morgan fingerprint density at radius 2 is 1.72 bits per heavy atom. The fourth-order valence-electron chi connectivity index (χ4n) is 3.77. The molecule has 156 valence electrons. The van der Waals surface area contributed by atoms with Gasteiger partial charge in [0, 0.05) is 25.7 Å². The van der Waals surface area contributed by atoms with E-state index < -0.39 is 0 Å². The number of hydrogen-bond acceptors (Lipinski definition) is 4. The normalized spacial score (nSPS) is 15.8. The number of nitrogens with one attached hydrogen (secondary N) is 2. The van der Waals surface area contributed by atoms with Crippen LogP contribution in [0.4, 0.5) is 0 Å². The molecule has 1 fully saturated rings. The third-order valence-electron chi connectivity index (χ3n) is 5.38. The molecule has 0 saturated carbocycles. The van der Waals surface area contributed by atoms with Crippen LogP contribution < -0.4 is 20.1 Å². The summed E-state index contributed by atoms with van der Waals surface area (Å²) in [4.78, 5) is 6.92. The maximum atomic E-state index is 5.63. The van der Waals surface area contributed by atoms with Crippen LogP contribution in [0.15, 0.2) is 53.5 Å². The van der Waals surface area contributed by atoms with Crippen molar-refractivity contribution in [1.29, 1.82) is 0 Å². The third-order valence-corrected chi connectivity index (χ3v) is 5.38. The molecule has 1 atom stereocenters. The number of rotatable bonds is 8. The van der Waals surface area contributed by atoms with E-state index in [4.69, 9.17) is 9.47 Å². The number of ether oxygens (including phenoxy) is 2. The lowest BCUT2D eigenvalue weighted by atomic mass is 10.0. The van der Waals surface area contributed by atoms with E-state index >= 15 is 0 Å². The molecule has 0 aromatic heterocycles. The molecule has 1 saturated heterocycles. The van der Waals surface area contributed by atoms with Crippen molar-refractivity contribution in [2.75, 3.05) is 40.9 Å². The molecule has 0 amide bonds. The third kappa shape index (κ3) is 5.64. The minimum absolute atomic E-state index is 0.244. The van der Waals surface area contributed by atoms with Crippen LogP contribution >= 0.6 is 0 Å². The van der Waals surface area contributed by atoms with Crippen molar-refractivity contribution in [2.24, 2.45) is 4.99 Å². The van der Waals surface area contributed by atoms with Crippen LogP contribution in [0.3, 0.4) is 0 Å². The summed E-state index contributed by atoms with van der Waals surface area (Å²) in [5.74, 6) is 2.59. The second-order valence-corrected chi connectivity index (χ2v) is 7.16. The van der Waals surface area contributed by atoms with Crippen molar-refractivity contribution < 1.29 is 9.47 Å². The Morgan fingerprint density at radius 3 is 2.38 bits per heavy atom. The molecule has 2 N–H and O–H groups in total. The van der Waals surface area contributed by atoms with E-state index in [-0.39, 0.29) is 6.04 Å². The molecule has 0 bridgehead atoms. The fourth-order valence-corrected chi connectivity index (χ4v) is 3.77. The number of guanidine groups is 1. The average Bonchev–Trinajstić information content (AvgIpc) is 3.31. The molecular formula is C23H32N4O2. The maximum Gasteiger partial charge on any atom is 0.191 e. The van der Waals surface area contributed by atoms with Gasteiger partial charge in [0.2, 0.25) is 0 Å². The van der Waals surface area contributed by atoms with Crippen LogP contribution in [0.2, 0.25) is 0 Å². The van der Waals surface area contributed by atoms with E-state index in [1.54, 1.807) is 21.3 Å². The predicted octanol–water partition coefficient (Wildman–Crippen LogP) is 3.21. The van der Waals surface area contributed by atoms with Gasteiger partial charge in [-0.1, -0.05) is 30.3 Å². The van der Waals surface area contributed by atoms with E-state index in [1.807, 2.05) is 24.3 Å². The quantitative estimate of drug-likeness (QED) is 0.530. The van der Waals surface area contributed by atoms with Gasteiger partial charge in [-0.15, -0.1) is 0 Å². The topological polar surface area (TPSA) is 58.1 Å². The molecule has 6 heteroatoms. The molecule has 0 radical (unpaired) electrons. The Kier molecular flexibility index (Phi) is 7.76. The van der Waals surface area contributed by atoms with Gasteiger partial charge in [0.05, 0.1) is 20.3 Å². The van der Waals surface area contributed by atoms with E-state index in [2.05, 4.69) is 44.8 Å². The highest BCUT2D eigenvalue weighted by Gasteiger charge is 2.26. The summed E-state index contributed by atoms with van der Waals surface area (Å²) < 4.78 is 10.9. The summed E-state index contributed by atoms with van der Waals surface area (Å²) in [6.07, 6.45) is 2.49. The Balaban J connectivity index is 1.63. The van der Waals surface area contributed by atoms with Gasteiger partial charge in [-0.3, -0.25) is 9.89 Å². The first kappa shape index (κ1) is 21.0. The smallest absolute Gasteiger partial charge is 0.191 e. The zero-order chi connectivity index (χ0) is 20.5. The summed E-state index contributed by atoms with van der Waals surface area (Å²) >= 11 is 0. The molecule has 29 heavy (non-hydrogen) atoms. The van der Waals surface area contributed by atoms with Crippen LogP contribution in [0.5, 0.6) is 11.5 Å². The number of nitrogens with zero attached hydrogens (tertiary/aromatic N) is 2. The van der Waals surface area contributed by atoms with E-state index in [0.717, 1.165) is 37.1 Å². The Bertz CT molecular complexity index is 786. The number of methoxy groups -OCH3 is 2. The Morgan fingerprint density at radius 1 is 1.00 bits per heavy atom. The number of likely N-dealkylation sites (tertiary alicyclic amines) is 1. The second-order valence-electron chi connectivity index (χ2n) is 7.16. The van der Waals surface area contributed by atoms with Gasteiger partial charge in [0.25, 0.3) is 0 Å². The molecule has 1 heterocycles. The molecule has 3 rings (SSSR count). The Hall–Kier alpha value is -2.73. The first-order valence-electron chi connectivity index (χ1n) is 10.2. The van der Waals surface area contributed by atoms with Gasteiger partial charge in [0.1, 0.15) is 11.5 Å². The van der Waals surface area contributed by atoms with Gasteiger partial charge < -0.3 is 20.1 Å². The molecular weight excluding hydrogens is 364 g/mol. The van der Waals surface area contributed by atoms with E-state index in [0.29, 0.717) is 6.54 Å². The molecule has 2 aromatic carbocycles. The largest absolute Gasteiger partial charge is 0.497 e. The van der Waals surface area contributed by atoms with Crippen molar-refractivity contribution in [3.63, 3.8) is 0 Å². The number of aliphatic imine (C=N–C) groups is 1. The lowest BCUT2D eigenvalue weighted by Gasteiger charge is -2.30. The average molecular weight is 397 g/mol. The fraction of sp³-hybridized carbons (Fsp3) is 0.435. The number of benzene rings is 2. The van der Waals surface area contributed by atoms with Gasteiger partial charge in [-0.05, 0) is 49.7 Å². The molecule has 1 unspecified atom stereocenters. The molecule has 2 aromatic rings. The van der Waals surface area contributed by atoms with Crippen LogP contribution in [0.1, 0.15) is 30.0 Å².